The molecule has 88 valence electrons. The van der Waals surface area contributed by atoms with Crippen molar-refractivity contribution < 1.29 is 9.53 Å². The zero-order chi connectivity index (χ0) is 12.0. The molecule has 1 heterocycles. The second-order valence-corrected chi connectivity index (χ2v) is 3.61. The smallest absolute Gasteiger partial charge is 0.255 e. The Morgan fingerprint density at radius 3 is 2.69 bits per heavy atom. The number of aromatic nitrogens is 1. The maximum absolute atomic E-state index is 11.6. The molecule has 1 atom stereocenters. The minimum absolute atomic E-state index is 0.484. The van der Waals surface area contributed by atoms with Gasteiger partial charge in [0, 0.05) is 12.8 Å². The molecule has 0 aliphatic carbocycles. The van der Waals surface area contributed by atoms with E-state index in [4.69, 9.17) is 10.5 Å². The topological polar surface area (TPSA) is 65.2 Å². The molecule has 0 aliphatic heterocycles. The van der Waals surface area contributed by atoms with E-state index in [0.717, 1.165) is 6.42 Å². The van der Waals surface area contributed by atoms with E-state index >= 15 is 0 Å². The number of primary amides is 1. The second-order valence-electron chi connectivity index (χ2n) is 3.61. The molecular weight excluding hydrogens is 204 g/mol. The Balaban J connectivity index is 3.07. The Hall–Kier alpha value is -1.42. The van der Waals surface area contributed by atoms with Gasteiger partial charge in [0.2, 0.25) is 0 Å². The van der Waals surface area contributed by atoms with E-state index in [9.17, 15) is 4.79 Å². The highest BCUT2D eigenvalue weighted by atomic mass is 16.5. The Labute approximate surface area is 95.8 Å². The Kier molecular flexibility index (Phi) is 4.43. The molecule has 2 N–H and O–H groups in total. The summed E-state index contributed by atoms with van der Waals surface area (Å²) in [6, 6.07) is 5.39. The molecule has 4 nitrogen and oxygen atoms in total. The van der Waals surface area contributed by atoms with E-state index in [0.29, 0.717) is 18.7 Å². The molecule has 0 aromatic carbocycles. The van der Waals surface area contributed by atoms with Crippen molar-refractivity contribution in [3.8, 4) is 0 Å². The number of hydrogen-bond donors (Lipinski definition) is 1. The van der Waals surface area contributed by atoms with E-state index in [1.165, 1.54) is 0 Å². The van der Waals surface area contributed by atoms with Gasteiger partial charge in [-0.2, -0.15) is 0 Å². The van der Waals surface area contributed by atoms with Crippen LogP contribution >= 0.6 is 0 Å². The molecule has 0 aliphatic rings. The molecule has 0 saturated heterocycles. The number of hydrogen-bond acceptors (Lipinski definition) is 3. The molecule has 0 fully saturated rings. The Bertz CT molecular complexity index is 340. The fourth-order valence-corrected chi connectivity index (χ4v) is 1.61. The van der Waals surface area contributed by atoms with Gasteiger partial charge in [-0.1, -0.05) is 19.9 Å². The lowest BCUT2D eigenvalue weighted by Crippen LogP contribution is -2.44. The molecule has 0 spiro atoms. The lowest BCUT2D eigenvalue weighted by atomic mass is 9.94. The lowest BCUT2D eigenvalue weighted by molar-refractivity contribution is -0.146. The van der Waals surface area contributed by atoms with E-state index in [1.807, 2.05) is 19.9 Å². The summed E-state index contributed by atoms with van der Waals surface area (Å²) in [6.45, 7) is 4.35. The standard InChI is InChI=1S/C12H18N2O2/c1-3-9-16-12(4-2,11(13)15)10-7-5-6-8-14-10/h5-8H,3-4,9H2,1-2H3,(H2,13,15). The van der Waals surface area contributed by atoms with E-state index in [-0.39, 0.29) is 0 Å². The molecule has 0 radical (unpaired) electrons. The summed E-state index contributed by atoms with van der Waals surface area (Å²) < 4.78 is 5.64. The zero-order valence-corrected chi connectivity index (χ0v) is 9.77. The van der Waals surface area contributed by atoms with Crippen LogP contribution in [0.5, 0.6) is 0 Å². The van der Waals surface area contributed by atoms with Crippen molar-refractivity contribution in [1.82, 2.24) is 4.98 Å². The van der Waals surface area contributed by atoms with Crippen LogP contribution in [0.2, 0.25) is 0 Å². The number of nitrogens with two attached hydrogens (primary N) is 1. The first-order valence-corrected chi connectivity index (χ1v) is 5.52. The van der Waals surface area contributed by atoms with Crippen LogP contribution in [-0.4, -0.2) is 17.5 Å². The summed E-state index contributed by atoms with van der Waals surface area (Å²) in [4.78, 5) is 15.8. The Morgan fingerprint density at radius 2 is 2.25 bits per heavy atom. The highest BCUT2D eigenvalue weighted by Crippen LogP contribution is 2.27. The Morgan fingerprint density at radius 1 is 1.50 bits per heavy atom. The van der Waals surface area contributed by atoms with Gasteiger partial charge < -0.3 is 10.5 Å². The number of ether oxygens (including phenoxy) is 1. The van der Waals surface area contributed by atoms with Gasteiger partial charge in [0.25, 0.3) is 5.91 Å². The van der Waals surface area contributed by atoms with Gasteiger partial charge in [-0.05, 0) is 25.0 Å². The number of rotatable bonds is 6. The van der Waals surface area contributed by atoms with Crippen LogP contribution in [-0.2, 0) is 15.1 Å². The van der Waals surface area contributed by atoms with Gasteiger partial charge in [-0.25, -0.2) is 0 Å². The number of carbonyl (C=O) groups is 1. The third kappa shape index (κ3) is 2.39. The van der Waals surface area contributed by atoms with Crippen molar-refractivity contribution >= 4 is 5.91 Å². The quantitative estimate of drug-likeness (QED) is 0.795. The molecule has 1 aromatic heterocycles. The molecule has 4 heteroatoms. The van der Waals surface area contributed by atoms with Gasteiger partial charge in [-0.3, -0.25) is 9.78 Å². The van der Waals surface area contributed by atoms with Crippen molar-refractivity contribution in [2.45, 2.75) is 32.3 Å². The molecule has 16 heavy (non-hydrogen) atoms. The largest absolute Gasteiger partial charge is 0.367 e. The normalized spacial score (nSPS) is 14.4. The predicted molar refractivity (Wildman–Crippen MR) is 61.6 cm³/mol. The van der Waals surface area contributed by atoms with Gasteiger partial charge in [-0.15, -0.1) is 0 Å². The maximum atomic E-state index is 11.6. The van der Waals surface area contributed by atoms with Crippen molar-refractivity contribution in [3.63, 3.8) is 0 Å². The SMILES string of the molecule is CCCOC(CC)(C(N)=O)c1ccccn1. The average Bonchev–Trinajstić information content (AvgIpc) is 2.31. The average molecular weight is 222 g/mol. The lowest BCUT2D eigenvalue weighted by Gasteiger charge is -2.28. The van der Waals surface area contributed by atoms with Crippen LogP contribution in [0.1, 0.15) is 32.4 Å². The van der Waals surface area contributed by atoms with Crippen molar-refractivity contribution in [2.24, 2.45) is 5.73 Å². The summed E-state index contributed by atoms with van der Waals surface area (Å²) >= 11 is 0. The van der Waals surface area contributed by atoms with Crippen molar-refractivity contribution in [2.75, 3.05) is 6.61 Å². The number of pyridine rings is 1. The third-order valence-corrected chi connectivity index (χ3v) is 2.53. The van der Waals surface area contributed by atoms with Crippen LogP contribution in [0.15, 0.2) is 24.4 Å². The fourth-order valence-electron chi connectivity index (χ4n) is 1.61. The molecule has 1 amide bonds. The third-order valence-electron chi connectivity index (χ3n) is 2.53. The van der Waals surface area contributed by atoms with Gasteiger partial charge in [0.05, 0.1) is 5.69 Å². The first kappa shape index (κ1) is 12.6. The van der Waals surface area contributed by atoms with Crippen LogP contribution in [0.25, 0.3) is 0 Å². The van der Waals surface area contributed by atoms with Crippen molar-refractivity contribution in [1.29, 1.82) is 0 Å². The van der Waals surface area contributed by atoms with Gasteiger partial charge in [0.1, 0.15) is 0 Å². The van der Waals surface area contributed by atoms with Gasteiger partial charge in [0.15, 0.2) is 5.60 Å². The minimum Gasteiger partial charge on any atom is -0.367 e. The summed E-state index contributed by atoms with van der Waals surface area (Å²) in [5, 5.41) is 0. The van der Waals surface area contributed by atoms with E-state index in [2.05, 4.69) is 4.98 Å². The molecular formula is C12H18N2O2. The van der Waals surface area contributed by atoms with E-state index < -0.39 is 11.5 Å². The number of nitrogens with zero attached hydrogens (tertiary/aromatic N) is 1. The van der Waals surface area contributed by atoms with Crippen molar-refractivity contribution in [3.05, 3.63) is 30.1 Å². The van der Waals surface area contributed by atoms with Crippen LogP contribution in [0.4, 0.5) is 0 Å². The highest BCUT2D eigenvalue weighted by molar-refractivity contribution is 5.84. The van der Waals surface area contributed by atoms with Crippen LogP contribution in [0, 0.1) is 0 Å². The predicted octanol–water partition coefficient (Wildman–Crippen LogP) is 1.60. The monoisotopic (exact) mass is 222 g/mol. The minimum atomic E-state index is -1.09. The summed E-state index contributed by atoms with van der Waals surface area (Å²) in [7, 11) is 0. The fraction of sp³-hybridized carbons (Fsp3) is 0.500. The highest BCUT2D eigenvalue weighted by Gasteiger charge is 2.39. The molecule has 0 bridgehead atoms. The molecule has 0 saturated carbocycles. The molecule has 1 rings (SSSR count). The van der Waals surface area contributed by atoms with Crippen LogP contribution in [0.3, 0.4) is 0 Å². The van der Waals surface area contributed by atoms with Gasteiger partial charge >= 0.3 is 0 Å². The summed E-state index contributed by atoms with van der Waals surface area (Å²) in [5.74, 6) is -0.484. The van der Waals surface area contributed by atoms with Crippen LogP contribution < -0.4 is 5.73 Å². The van der Waals surface area contributed by atoms with E-state index in [1.54, 1.807) is 18.3 Å². The first-order valence-electron chi connectivity index (χ1n) is 5.52. The number of amides is 1. The number of carbonyl (C=O) groups excluding carboxylic acids is 1. The summed E-state index contributed by atoms with van der Waals surface area (Å²) in [5.41, 5.74) is 4.95. The zero-order valence-electron chi connectivity index (χ0n) is 9.77. The molecule has 1 aromatic rings. The molecule has 1 unspecified atom stereocenters. The first-order chi connectivity index (χ1) is 7.67. The maximum Gasteiger partial charge on any atom is 0.255 e. The second kappa shape index (κ2) is 5.61. The summed E-state index contributed by atoms with van der Waals surface area (Å²) in [6.07, 6.45) is 2.96.